The van der Waals surface area contributed by atoms with Crippen molar-refractivity contribution in [1.29, 1.82) is 0 Å². The first-order valence-corrected chi connectivity index (χ1v) is 8.46. The molecule has 2 heterocycles. The molecule has 0 radical (unpaired) electrons. The van der Waals surface area contributed by atoms with Crippen LogP contribution in [0.5, 0.6) is 11.5 Å². The minimum atomic E-state index is -0.314. The van der Waals surface area contributed by atoms with E-state index in [1.165, 1.54) is 0 Å². The molecule has 0 aliphatic carbocycles. The fraction of sp³-hybridized carbons (Fsp3) is 0.556. The minimum Gasteiger partial charge on any atom is -0.493 e. The molecule has 0 bridgehead atoms. The van der Waals surface area contributed by atoms with Gasteiger partial charge < -0.3 is 24.0 Å². The van der Waals surface area contributed by atoms with Gasteiger partial charge in [-0.05, 0) is 19.1 Å². The van der Waals surface area contributed by atoms with Crippen molar-refractivity contribution in [3.05, 3.63) is 18.2 Å². The Morgan fingerprint density at radius 2 is 1.96 bits per heavy atom. The Morgan fingerprint density at radius 3 is 2.64 bits per heavy atom. The van der Waals surface area contributed by atoms with Gasteiger partial charge in [0.05, 0.1) is 32.8 Å². The van der Waals surface area contributed by atoms with Crippen molar-refractivity contribution in [3.8, 4) is 11.5 Å². The van der Waals surface area contributed by atoms with Crippen LogP contribution in [0.2, 0.25) is 0 Å². The van der Waals surface area contributed by atoms with Gasteiger partial charge in [-0.1, -0.05) is 0 Å². The Bertz CT molecular complexity index is 663. The zero-order valence-electron chi connectivity index (χ0n) is 14.9. The molecule has 0 spiro atoms. The van der Waals surface area contributed by atoms with Gasteiger partial charge in [0.15, 0.2) is 11.5 Å². The molecule has 2 atom stereocenters. The lowest BCUT2D eigenvalue weighted by atomic mass is 10.1. The summed E-state index contributed by atoms with van der Waals surface area (Å²) in [5.74, 6) is 0.835. The molecule has 0 saturated carbocycles. The third-order valence-corrected chi connectivity index (χ3v) is 4.71. The summed E-state index contributed by atoms with van der Waals surface area (Å²) in [5, 5.41) is 0. The van der Waals surface area contributed by atoms with Gasteiger partial charge in [-0.15, -0.1) is 0 Å². The van der Waals surface area contributed by atoms with Crippen LogP contribution >= 0.6 is 0 Å². The van der Waals surface area contributed by atoms with Gasteiger partial charge in [0, 0.05) is 37.8 Å². The van der Waals surface area contributed by atoms with Crippen LogP contribution in [0, 0.1) is 5.92 Å². The number of methoxy groups -OCH3 is 2. The van der Waals surface area contributed by atoms with E-state index >= 15 is 0 Å². The van der Waals surface area contributed by atoms with Crippen molar-refractivity contribution in [2.45, 2.75) is 19.4 Å². The molecule has 7 nitrogen and oxygen atoms in total. The summed E-state index contributed by atoms with van der Waals surface area (Å²) in [6, 6.07) is 5.34. The number of rotatable bonds is 4. The van der Waals surface area contributed by atoms with E-state index < -0.39 is 0 Å². The Kier molecular flexibility index (Phi) is 5.13. The predicted molar refractivity (Wildman–Crippen MR) is 92.0 cm³/mol. The number of hydrogen-bond acceptors (Lipinski definition) is 5. The lowest BCUT2D eigenvalue weighted by Gasteiger charge is -2.32. The number of amides is 2. The molecule has 2 saturated heterocycles. The number of carbonyl (C=O) groups excluding carboxylic acids is 2. The zero-order valence-corrected chi connectivity index (χ0v) is 14.9. The van der Waals surface area contributed by atoms with Crippen LogP contribution in [0.15, 0.2) is 18.2 Å². The van der Waals surface area contributed by atoms with Crippen LogP contribution in [-0.4, -0.2) is 63.3 Å². The number of morpholine rings is 1. The maximum atomic E-state index is 12.7. The smallest absolute Gasteiger partial charge is 0.228 e. The highest BCUT2D eigenvalue weighted by Gasteiger charge is 2.38. The van der Waals surface area contributed by atoms with Gasteiger partial charge in [-0.2, -0.15) is 0 Å². The number of carbonyl (C=O) groups is 2. The standard InChI is InChI=1S/C18H24N2O5/c1-12-10-19(6-7-25-12)18(22)13-8-17(21)20(11-13)14-4-5-15(23-2)16(9-14)24-3/h4-5,9,12-13H,6-8,10-11H2,1-3H3/t12-,13-/m1/s1. The van der Waals surface area contributed by atoms with Crippen LogP contribution in [-0.2, 0) is 14.3 Å². The highest BCUT2D eigenvalue weighted by atomic mass is 16.5. The molecule has 2 fully saturated rings. The van der Waals surface area contributed by atoms with E-state index in [1.807, 2.05) is 17.9 Å². The molecule has 0 aromatic heterocycles. The molecule has 1 aromatic rings. The average Bonchev–Trinajstić information content (AvgIpc) is 3.02. The van der Waals surface area contributed by atoms with Crippen molar-refractivity contribution in [3.63, 3.8) is 0 Å². The van der Waals surface area contributed by atoms with E-state index in [2.05, 4.69) is 0 Å². The number of hydrogen-bond donors (Lipinski definition) is 0. The monoisotopic (exact) mass is 348 g/mol. The third-order valence-electron chi connectivity index (χ3n) is 4.71. The predicted octanol–water partition coefficient (Wildman–Crippen LogP) is 1.30. The Labute approximate surface area is 147 Å². The largest absolute Gasteiger partial charge is 0.493 e. The molecule has 136 valence electrons. The van der Waals surface area contributed by atoms with Crippen molar-refractivity contribution >= 4 is 17.5 Å². The lowest BCUT2D eigenvalue weighted by Crippen LogP contribution is -2.47. The van der Waals surface area contributed by atoms with E-state index in [-0.39, 0.29) is 30.3 Å². The van der Waals surface area contributed by atoms with E-state index in [9.17, 15) is 9.59 Å². The Balaban J connectivity index is 1.73. The number of ether oxygens (including phenoxy) is 3. The average molecular weight is 348 g/mol. The van der Waals surface area contributed by atoms with Gasteiger partial charge in [-0.3, -0.25) is 9.59 Å². The molecule has 3 rings (SSSR count). The van der Waals surface area contributed by atoms with Crippen LogP contribution in [0.25, 0.3) is 0 Å². The summed E-state index contributed by atoms with van der Waals surface area (Å²) >= 11 is 0. The highest BCUT2D eigenvalue weighted by molar-refractivity contribution is 6.00. The van der Waals surface area contributed by atoms with Crippen molar-refractivity contribution in [2.75, 3.05) is 45.4 Å². The topological polar surface area (TPSA) is 68.3 Å². The van der Waals surface area contributed by atoms with Gasteiger partial charge in [0.25, 0.3) is 0 Å². The number of anilines is 1. The second-order valence-electron chi connectivity index (χ2n) is 6.41. The summed E-state index contributed by atoms with van der Waals surface area (Å²) in [5.41, 5.74) is 0.716. The maximum absolute atomic E-state index is 12.7. The van der Waals surface area contributed by atoms with Crippen molar-refractivity contribution in [2.24, 2.45) is 5.92 Å². The number of nitrogens with zero attached hydrogens (tertiary/aromatic N) is 2. The molecule has 2 amide bonds. The van der Waals surface area contributed by atoms with Crippen LogP contribution < -0.4 is 14.4 Å². The molecule has 2 aliphatic rings. The molecule has 25 heavy (non-hydrogen) atoms. The first kappa shape index (κ1) is 17.5. The van der Waals surface area contributed by atoms with Crippen LogP contribution in [0.3, 0.4) is 0 Å². The van der Waals surface area contributed by atoms with Crippen LogP contribution in [0.4, 0.5) is 5.69 Å². The van der Waals surface area contributed by atoms with E-state index in [0.29, 0.717) is 43.4 Å². The number of benzene rings is 1. The Hall–Kier alpha value is -2.28. The molecular weight excluding hydrogens is 324 g/mol. The second-order valence-corrected chi connectivity index (χ2v) is 6.41. The molecule has 1 aromatic carbocycles. The summed E-state index contributed by atoms with van der Waals surface area (Å²) in [6.07, 6.45) is 0.274. The minimum absolute atomic E-state index is 0.0338. The van der Waals surface area contributed by atoms with E-state index in [1.54, 1.807) is 31.3 Å². The van der Waals surface area contributed by atoms with Gasteiger partial charge in [-0.25, -0.2) is 0 Å². The maximum Gasteiger partial charge on any atom is 0.228 e. The van der Waals surface area contributed by atoms with Gasteiger partial charge in [0.2, 0.25) is 11.8 Å². The normalized spacial score (nSPS) is 23.7. The van der Waals surface area contributed by atoms with E-state index in [4.69, 9.17) is 14.2 Å². The summed E-state index contributed by atoms with van der Waals surface area (Å²) in [4.78, 5) is 28.6. The fourth-order valence-corrected chi connectivity index (χ4v) is 3.39. The van der Waals surface area contributed by atoms with Gasteiger partial charge in [0.1, 0.15) is 0 Å². The van der Waals surface area contributed by atoms with Crippen LogP contribution in [0.1, 0.15) is 13.3 Å². The van der Waals surface area contributed by atoms with Crippen molar-refractivity contribution < 1.29 is 23.8 Å². The molecule has 7 heteroatoms. The quantitative estimate of drug-likeness (QED) is 0.820. The summed E-state index contributed by atoms with van der Waals surface area (Å²) < 4.78 is 16.0. The summed E-state index contributed by atoms with van der Waals surface area (Å²) in [6.45, 7) is 4.06. The second kappa shape index (κ2) is 7.31. The SMILES string of the molecule is COc1ccc(N2C[C@H](C(=O)N3CCO[C@H](C)C3)CC2=O)cc1OC. The van der Waals surface area contributed by atoms with Crippen molar-refractivity contribution in [1.82, 2.24) is 4.90 Å². The summed E-state index contributed by atoms with van der Waals surface area (Å²) in [7, 11) is 3.12. The first-order chi connectivity index (χ1) is 12.0. The van der Waals surface area contributed by atoms with Gasteiger partial charge >= 0.3 is 0 Å². The molecular formula is C18H24N2O5. The zero-order chi connectivity index (χ0) is 18.0. The fourth-order valence-electron chi connectivity index (χ4n) is 3.39. The highest BCUT2D eigenvalue weighted by Crippen LogP contribution is 2.34. The molecule has 2 aliphatic heterocycles. The van der Waals surface area contributed by atoms with E-state index in [0.717, 1.165) is 0 Å². The third kappa shape index (κ3) is 3.56. The first-order valence-electron chi connectivity index (χ1n) is 8.46. The molecule has 0 N–H and O–H groups in total. The Morgan fingerprint density at radius 1 is 1.20 bits per heavy atom. The molecule has 0 unspecified atom stereocenters. The lowest BCUT2D eigenvalue weighted by molar-refractivity contribution is -0.142.